The number of hydrogen-bond donors (Lipinski definition) is 1. The summed E-state index contributed by atoms with van der Waals surface area (Å²) in [6, 6.07) is 14.8. The van der Waals surface area contributed by atoms with E-state index < -0.39 is 17.3 Å². The van der Waals surface area contributed by atoms with E-state index in [4.69, 9.17) is 0 Å². The van der Waals surface area contributed by atoms with Gasteiger partial charge in [0.15, 0.2) is 0 Å². The van der Waals surface area contributed by atoms with Crippen LogP contribution in [0.1, 0.15) is 29.5 Å². The smallest absolute Gasteiger partial charge is 0.385 e. The van der Waals surface area contributed by atoms with Crippen molar-refractivity contribution in [2.24, 2.45) is 0 Å². The maximum Gasteiger partial charge on any atom is 0.416 e. The molecule has 4 nitrogen and oxygen atoms in total. The normalized spacial score (nSPS) is 17.4. The molecule has 1 N–H and O–H groups in total. The van der Waals surface area contributed by atoms with Crippen LogP contribution in [0.15, 0.2) is 67.0 Å². The molecule has 29 heavy (non-hydrogen) atoms. The van der Waals surface area contributed by atoms with Crippen molar-refractivity contribution in [1.82, 2.24) is 14.7 Å². The zero-order chi connectivity index (χ0) is 20.5. The molecule has 0 spiro atoms. The molecule has 1 aromatic heterocycles. The number of hydrogen-bond acceptors (Lipinski definition) is 3. The monoisotopic (exact) mass is 401 g/mol. The van der Waals surface area contributed by atoms with Crippen LogP contribution in [-0.4, -0.2) is 32.9 Å². The maximum absolute atomic E-state index is 12.8. The number of aliphatic hydroxyl groups is 1. The fraction of sp³-hybridized carbons (Fsp3) is 0.318. The number of para-hydroxylation sites is 1. The average Bonchev–Trinajstić information content (AvgIpc) is 3.24. The largest absolute Gasteiger partial charge is 0.416 e. The molecule has 4 rings (SSSR count). The summed E-state index contributed by atoms with van der Waals surface area (Å²) < 4.78 is 40.2. The minimum absolute atomic E-state index is 0.475. The minimum atomic E-state index is -4.37. The van der Waals surface area contributed by atoms with Gasteiger partial charge >= 0.3 is 6.18 Å². The number of rotatable bonds is 4. The molecular formula is C22H22F3N3O. The van der Waals surface area contributed by atoms with Gasteiger partial charge in [-0.1, -0.05) is 30.3 Å². The lowest BCUT2D eigenvalue weighted by atomic mass is 9.84. The molecule has 7 heteroatoms. The molecule has 1 saturated heterocycles. The molecule has 0 amide bonds. The fourth-order valence-electron chi connectivity index (χ4n) is 3.86. The van der Waals surface area contributed by atoms with Gasteiger partial charge in [0.05, 0.1) is 16.9 Å². The predicted octanol–water partition coefficient (Wildman–Crippen LogP) is 4.37. The maximum atomic E-state index is 12.8. The highest BCUT2D eigenvalue weighted by atomic mass is 19.4. The molecule has 0 unspecified atom stereocenters. The predicted molar refractivity (Wildman–Crippen MR) is 103 cm³/mol. The second-order valence-corrected chi connectivity index (χ2v) is 7.46. The number of benzene rings is 2. The van der Waals surface area contributed by atoms with Crippen LogP contribution in [0.5, 0.6) is 0 Å². The highest BCUT2D eigenvalue weighted by molar-refractivity contribution is 5.40. The molecule has 2 heterocycles. The number of halogens is 3. The van der Waals surface area contributed by atoms with Crippen molar-refractivity contribution in [3.8, 4) is 5.69 Å². The zero-order valence-electron chi connectivity index (χ0n) is 15.8. The molecule has 0 aliphatic carbocycles. The summed E-state index contributed by atoms with van der Waals surface area (Å²) in [6.07, 6.45) is 0.220. The van der Waals surface area contributed by atoms with Crippen LogP contribution in [0, 0.1) is 0 Å². The van der Waals surface area contributed by atoms with Crippen molar-refractivity contribution in [2.75, 3.05) is 13.1 Å². The highest BCUT2D eigenvalue weighted by Crippen LogP contribution is 2.36. The Morgan fingerprint density at radius 3 is 2.28 bits per heavy atom. The van der Waals surface area contributed by atoms with Gasteiger partial charge in [0.25, 0.3) is 0 Å². The Morgan fingerprint density at radius 1 is 0.966 bits per heavy atom. The number of likely N-dealkylation sites (tertiary alicyclic amines) is 1. The summed E-state index contributed by atoms with van der Waals surface area (Å²) in [4.78, 5) is 2.25. The van der Waals surface area contributed by atoms with Crippen molar-refractivity contribution < 1.29 is 18.3 Å². The van der Waals surface area contributed by atoms with Gasteiger partial charge in [0.1, 0.15) is 0 Å². The molecule has 1 aliphatic rings. The van der Waals surface area contributed by atoms with Crippen LogP contribution in [0.2, 0.25) is 0 Å². The van der Waals surface area contributed by atoms with E-state index in [9.17, 15) is 18.3 Å². The Bertz CT molecular complexity index is 944. The van der Waals surface area contributed by atoms with Gasteiger partial charge in [-0.3, -0.25) is 4.90 Å². The van der Waals surface area contributed by atoms with E-state index >= 15 is 0 Å². The topological polar surface area (TPSA) is 41.3 Å². The zero-order valence-corrected chi connectivity index (χ0v) is 15.8. The first-order chi connectivity index (χ1) is 13.9. The summed E-state index contributed by atoms with van der Waals surface area (Å²) in [5, 5.41) is 15.3. The summed E-state index contributed by atoms with van der Waals surface area (Å²) in [6.45, 7) is 2.04. The highest BCUT2D eigenvalue weighted by Gasteiger charge is 2.35. The van der Waals surface area contributed by atoms with Gasteiger partial charge in [0, 0.05) is 32.0 Å². The Labute approximate surface area is 167 Å². The fourth-order valence-corrected chi connectivity index (χ4v) is 3.86. The quantitative estimate of drug-likeness (QED) is 0.706. The van der Waals surface area contributed by atoms with E-state index in [2.05, 4.69) is 16.1 Å². The Kier molecular flexibility index (Phi) is 5.19. The van der Waals surface area contributed by atoms with Gasteiger partial charge in [-0.25, -0.2) is 4.68 Å². The molecule has 1 aliphatic heterocycles. The van der Waals surface area contributed by atoms with Crippen LogP contribution in [-0.2, 0) is 18.3 Å². The number of piperidine rings is 1. The lowest BCUT2D eigenvalue weighted by Gasteiger charge is -2.38. The van der Waals surface area contributed by atoms with E-state index in [-0.39, 0.29) is 0 Å². The van der Waals surface area contributed by atoms with Gasteiger partial charge in [-0.2, -0.15) is 18.3 Å². The van der Waals surface area contributed by atoms with E-state index in [1.54, 1.807) is 6.20 Å². The summed E-state index contributed by atoms with van der Waals surface area (Å²) >= 11 is 0. The lowest BCUT2D eigenvalue weighted by molar-refractivity contribution is -0.137. The van der Waals surface area contributed by atoms with Crippen molar-refractivity contribution in [3.05, 3.63) is 83.7 Å². The third-order valence-corrected chi connectivity index (χ3v) is 5.57. The number of alkyl halides is 3. The first-order valence-electron chi connectivity index (χ1n) is 9.56. The Hall–Kier alpha value is -2.64. The van der Waals surface area contributed by atoms with Crippen molar-refractivity contribution in [1.29, 1.82) is 0 Å². The molecule has 2 aromatic carbocycles. The van der Waals surface area contributed by atoms with E-state index in [1.165, 1.54) is 12.1 Å². The van der Waals surface area contributed by atoms with E-state index in [0.29, 0.717) is 31.5 Å². The van der Waals surface area contributed by atoms with E-state index in [0.717, 1.165) is 29.9 Å². The molecule has 1 fully saturated rings. The van der Waals surface area contributed by atoms with Gasteiger partial charge in [0.2, 0.25) is 0 Å². The molecule has 0 atom stereocenters. The van der Waals surface area contributed by atoms with Crippen molar-refractivity contribution in [2.45, 2.75) is 31.2 Å². The average molecular weight is 401 g/mol. The van der Waals surface area contributed by atoms with Gasteiger partial charge in [-0.15, -0.1) is 0 Å². The van der Waals surface area contributed by atoms with Crippen molar-refractivity contribution in [3.63, 3.8) is 0 Å². The third kappa shape index (κ3) is 4.21. The Morgan fingerprint density at radius 2 is 1.66 bits per heavy atom. The van der Waals surface area contributed by atoms with Gasteiger partial charge in [-0.05, 0) is 48.2 Å². The van der Waals surface area contributed by atoms with Crippen LogP contribution >= 0.6 is 0 Å². The summed E-state index contributed by atoms with van der Waals surface area (Å²) in [5.74, 6) is 0. The van der Waals surface area contributed by atoms with Crippen LogP contribution in [0.4, 0.5) is 13.2 Å². The molecule has 0 bridgehead atoms. The first kappa shape index (κ1) is 19.7. The van der Waals surface area contributed by atoms with Crippen LogP contribution < -0.4 is 0 Å². The second-order valence-electron chi connectivity index (χ2n) is 7.46. The Balaban J connectivity index is 1.44. The number of nitrogens with zero attached hydrogens (tertiary/aromatic N) is 3. The molecule has 152 valence electrons. The molecule has 3 aromatic rings. The number of aromatic nitrogens is 2. The van der Waals surface area contributed by atoms with E-state index in [1.807, 2.05) is 35.1 Å². The second kappa shape index (κ2) is 7.65. The van der Waals surface area contributed by atoms with Crippen LogP contribution in [0.25, 0.3) is 5.69 Å². The first-order valence-corrected chi connectivity index (χ1v) is 9.56. The molecular weight excluding hydrogens is 379 g/mol. The summed E-state index contributed by atoms with van der Waals surface area (Å²) in [7, 11) is 0. The van der Waals surface area contributed by atoms with Gasteiger partial charge < -0.3 is 5.11 Å². The molecule has 0 saturated carbocycles. The molecule has 0 radical (unpaired) electrons. The van der Waals surface area contributed by atoms with Crippen LogP contribution in [0.3, 0.4) is 0 Å². The van der Waals surface area contributed by atoms with Crippen molar-refractivity contribution >= 4 is 0 Å². The standard InChI is InChI=1S/C22H22F3N3O/c23-22(24,25)19-8-6-18(7-9-19)21(29)10-14-27(15-11-21)16-17-4-1-2-5-20(17)28-13-3-12-26-28/h1-9,12-13,29H,10-11,14-16H2. The summed E-state index contributed by atoms with van der Waals surface area (Å²) in [5.41, 5.74) is 0.902. The third-order valence-electron chi connectivity index (χ3n) is 5.57. The SMILES string of the molecule is OC1(c2ccc(C(F)(F)F)cc2)CCN(Cc2ccccc2-n2cccn2)CC1. The lowest BCUT2D eigenvalue weighted by Crippen LogP contribution is -2.42. The minimum Gasteiger partial charge on any atom is -0.385 e.